The van der Waals surface area contributed by atoms with Crippen LogP contribution in [0.25, 0.3) is 44.5 Å². The van der Waals surface area contributed by atoms with Crippen molar-refractivity contribution in [1.82, 2.24) is 0 Å². The molecule has 0 atom stereocenters. The predicted molar refractivity (Wildman–Crippen MR) is 278 cm³/mol. The highest BCUT2D eigenvalue weighted by atomic mass is 79.9. The lowest BCUT2D eigenvalue weighted by atomic mass is 9.82. The van der Waals surface area contributed by atoms with E-state index < -0.39 is 0 Å². The van der Waals surface area contributed by atoms with Gasteiger partial charge in [-0.05, 0) is 99.0 Å². The van der Waals surface area contributed by atoms with Crippen molar-refractivity contribution in [2.24, 2.45) is 0 Å². The Balaban J connectivity index is 0.000000131. The van der Waals surface area contributed by atoms with E-state index >= 15 is 0 Å². The maximum atomic E-state index is 5.85. The van der Waals surface area contributed by atoms with E-state index in [9.17, 15) is 0 Å². The molecule has 11 rings (SSSR count). The van der Waals surface area contributed by atoms with Gasteiger partial charge in [0.15, 0.2) is 0 Å². The quantitative estimate of drug-likeness (QED) is 0.173. The number of nitrogens with one attached hydrogen (secondary N) is 1. The van der Waals surface area contributed by atoms with Crippen LogP contribution in [0.15, 0.2) is 229 Å². The largest absolute Gasteiger partial charge is 0.398 e. The molecule has 64 heavy (non-hydrogen) atoms. The molecule has 2 aliphatic carbocycles. The summed E-state index contributed by atoms with van der Waals surface area (Å²) in [6.45, 7) is 11.3. The topological polar surface area (TPSA) is 38.0 Å². The van der Waals surface area contributed by atoms with E-state index in [1.54, 1.807) is 0 Å². The van der Waals surface area contributed by atoms with Crippen molar-refractivity contribution in [3.8, 4) is 44.5 Å². The van der Waals surface area contributed by atoms with Crippen molar-refractivity contribution in [2.45, 2.75) is 45.4 Å². The summed E-state index contributed by atoms with van der Waals surface area (Å²) in [6.07, 6.45) is 0. The number of nitrogens with two attached hydrogens (primary N) is 1. The third kappa shape index (κ3) is 9.37. The number of hydrogen-bond acceptors (Lipinski definition) is 2. The minimum atomic E-state index is 0.0164. The van der Waals surface area contributed by atoms with Gasteiger partial charge in [0.2, 0.25) is 0 Å². The van der Waals surface area contributed by atoms with Gasteiger partial charge >= 0.3 is 0 Å². The summed E-state index contributed by atoms with van der Waals surface area (Å²) in [5, 5.41) is 3.67. The van der Waals surface area contributed by atoms with Gasteiger partial charge in [0.1, 0.15) is 0 Å². The molecule has 9 aromatic rings. The van der Waals surface area contributed by atoms with Gasteiger partial charge in [-0.25, -0.2) is 0 Å². The highest BCUT2D eigenvalue weighted by molar-refractivity contribution is 9.10. The summed E-state index contributed by atoms with van der Waals surface area (Å²) < 4.78 is 1.16. The van der Waals surface area contributed by atoms with E-state index in [-0.39, 0.29) is 10.8 Å². The Morgan fingerprint density at radius 1 is 0.375 bits per heavy atom. The summed E-state index contributed by atoms with van der Waals surface area (Å²) in [5.41, 5.74) is 26.2. The Labute approximate surface area is 388 Å². The van der Waals surface area contributed by atoms with Crippen LogP contribution in [0, 0.1) is 6.92 Å². The zero-order valence-corrected chi connectivity index (χ0v) is 38.9. The highest BCUT2D eigenvalue weighted by Crippen LogP contribution is 2.50. The minimum absolute atomic E-state index is 0.0164. The number of rotatable bonds is 4. The molecule has 3 heteroatoms. The van der Waals surface area contributed by atoms with E-state index in [1.807, 2.05) is 60.7 Å². The zero-order valence-electron chi connectivity index (χ0n) is 37.3. The molecular formula is C61H55BrN2. The van der Waals surface area contributed by atoms with Crippen LogP contribution in [0.2, 0.25) is 0 Å². The van der Waals surface area contributed by atoms with Gasteiger partial charge < -0.3 is 11.1 Å². The summed E-state index contributed by atoms with van der Waals surface area (Å²) in [7, 11) is 0. The van der Waals surface area contributed by atoms with Gasteiger partial charge in [-0.1, -0.05) is 237 Å². The fraction of sp³-hybridized carbons (Fsp3) is 0.115. The first-order chi connectivity index (χ1) is 31.0. The molecule has 2 aliphatic rings. The van der Waals surface area contributed by atoms with Crippen molar-refractivity contribution in [3.05, 3.63) is 257 Å². The predicted octanol–water partition coefficient (Wildman–Crippen LogP) is 17.1. The summed E-state index contributed by atoms with van der Waals surface area (Å²) in [6, 6.07) is 78.2. The van der Waals surface area contributed by atoms with Gasteiger partial charge in [0.25, 0.3) is 0 Å². The van der Waals surface area contributed by atoms with Crippen LogP contribution >= 0.6 is 15.9 Å². The fourth-order valence-corrected chi connectivity index (χ4v) is 9.35. The molecule has 0 bridgehead atoms. The molecule has 0 fully saturated rings. The van der Waals surface area contributed by atoms with Gasteiger partial charge in [0.05, 0.1) is 0 Å². The number of nitrogen functional groups attached to an aromatic ring is 1. The van der Waals surface area contributed by atoms with Gasteiger partial charge in [0, 0.05) is 43.5 Å². The fourth-order valence-electron chi connectivity index (χ4n) is 8.99. The van der Waals surface area contributed by atoms with E-state index in [2.05, 4.69) is 220 Å². The Morgan fingerprint density at radius 3 is 1.31 bits per heavy atom. The van der Waals surface area contributed by atoms with E-state index in [4.69, 9.17) is 5.73 Å². The smallest absolute Gasteiger partial charge is 0.0463 e. The molecule has 0 unspecified atom stereocenters. The number of fused-ring (bicyclic) bond motifs is 6. The zero-order chi connectivity index (χ0) is 44.7. The molecule has 3 N–H and O–H groups in total. The number of para-hydroxylation sites is 2. The minimum Gasteiger partial charge on any atom is -0.398 e. The first-order valence-corrected chi connectivity index (χ1v) is 22.8. The van der Waals surface area contributed by atoms with Gasteiger partial charge in [-0.15, -0.1) is 0 Å². The Bertz CT molecular complexity index is 2990. The van der Waals surface area contributed by atoms with Crippen LogP contribution in [0.4, 0.5) is 17.1 Å². The standard InChI is InChI=1S/C27H23N.C15H13Br.C12H11N.C7H8/c1-27(2)24-14-8-6-13-22(24)23-17-16-20(18-25(23)27)28-26-15-9-7-12-21(26)19-10-4-3-5-11-19;1-15(2)13-6-4-3-5-11(13)12-8-7-10(16)9-14(12)15;13-12-9-5-4-8-11(12)10-6-2-1-3-7-10;1-7-5-3-2-4-6-7/h3-18,28H,1-2H3;3-9H,1-2H3;1-9H,13H2;2-6H,1H3. The van der Waals surface area contributed by atoms with Gasteiger partial charge in [-0.2, -0.15) is 0 Å². The monoisotopic (exact) mass is 894 g/mol. The Hall–Kier alpha value is -6.94. The number of anilines is 3. The number of halogens is 1. The van der Waals surface area contributed by atoms with E-state index in [1.165, 1.54) is 66.8 Å². The normalized spacial score (nSPS) is 12.8. The highest BCUT2D eigenvalue weighted by Gasteiger charge is 2.36. The summed E-state index contributed by atoms with van der Waals surface area (Å²) >= 11 is 3.56. The van der Waals surface area contributed by atoms with Crippen LogP contribution in [0.5, 0.6) is 0 Å². The molecule has 316 valence electrons. The lowest BCUT2D eigenvalue weighted by molar-refractivity contribution is 0.660. The lowest BCUT2D eigenvalue weighted by Gasteiger charge is -2.22. The molecule has 9 aromatic carbocycles. The Morgan fingerprint density at radius 2 is 0.781 bits per heavy atom. The van der Waals surface area contributed by atoms with Crippen molar-refractivity contribution >= 4 is 33.0 Å². The maximum Gasteiger partial charge on any atom is 0.0463 e. The third-order valence-corrected chi connectivity index (χ3v) is 12.9. The molecular weight excluding hydrogens is 841 g/mol. The van der Waals surface area contributed by atoms with Crippen molar-refractivity contribution in [2.75, 3.05) is 11.1 Å². The van der Waals surface area contributed by atoms with Crippen molar-refractivity contribution in [1.29, 1.82) is 0 Å². The van der Waals surface area contributed by atoms with Crippen LogP contribution in [-0.4, -0.2) is 0 Å². The SMILES string of the molecule is CC1(C)c2ccccc2-c2ccc(Br)cc21.CC1(C)c2ccccc2-c2ccc(Nc3ccccc3-c3ccccc3)cc21.Cc1ccccc1.Nc1ccccc1-c1ccccc1. The van der Waals surface area contributed by atoms with Crippen LogP contribution in [0.3, 0.4) is 0 Å². The molecule has 0 aromatic heterocycles. The van der Waals surface area contributed by atoms with Crippen molar-refractivity contribution in [3.63, 3.8) is 0 Å². The van der Waals surface area contributed by atoms with Crippen LogP contribution in [0.1, 0.15) is 55.5 Å². The molecule has 0 amide bonds. The van der Waals surface area contributed by atoms with Gasteiger partial charge in [-0.3, -0.25) is 0 Å². The first-order valence-electron chi connectivity index (χ1n) is 22.0. The molecule has 0 radical (unpaired) electrons. The van der Waals surface area contributed by atoms with Crippen LogP contribution < -0.4 is 11.1 Å². The molecule has 0 saturated heterocycles. The average Bonchev–Trinajstić information content (AvgIpc) is 3.69. The summed E-state index contributed by atoms with van der Waals surface area (Å²) in [4.78, 5) is 0. The second kappa shape index (κ2) is 19.2. The molecule has 0 heterocycles. The second-order valence-corrected chi connectivity index (χ2v) is 18.4. The third-order valence-electron chi connectivity index (χ3n) is 12.4. The lowest BCUT2D eigenvalue weighted by Crippen LogP contribution is -2.15. The molecule has 0 saturated carbocycles. The molecule has 0 aliphatic heterocycles. The Kier molecular flexibility index (Phi) is 13.1. The number of aryl methyl sites for hydroxylation is 1. The second-order valence-electron chi connectivity index (χ2n) is 17.4. The maximum absolute atomic E-state index is 5.85. The first kappa shape index (κ1) is 43.7. The van der Waals surface area contributed by atoms with E-state index in [0.717, 1.165) is 27.1 Å². The number of hydrogen-bond donors (Lipinski definition) is 2. The molecule has 0 spiro atoms. The average molecular weight is 896 g/mol. The number of benzene rings is 9. The van der Waals surface area contributed by atoms with Crippen molar-refractivity contribution < 1.29 is 0 Å². The van der Waals surface area contributed by atoms with E-state index in [0.29, 0.717) is 0 Å². The summed E-state index contributed by atoms with van der Waals surface area (Å²) in [5.74, 6) is 0. The van der Waals surface area contributed by atoms with Crippen LogP contribution in [-0.2, 0) is 10.8 Å². The molecule has 2 nitrogen and oxygen atoms in total.